The molecule has 0 atom stereocenters. The fourth-order valence-electron chi connectivity index (χ4n) is 3.10. The Bertz CT molecular complexity index is 566. The molecule has 0 aromatic heterocycles. The molecule has 124 valence electrons. The molecule has 0 unspecified atom stereocenters. The summed E-state index contributed by atoms with van der Waals surface area (Å²) in [6.07, 6.45) is 7.58. The van der Waals surface area contributed by atoms with Crippen molar-refractivity contribution in [1.29, 1.82) is 0 Å². The van der Waals surface area contributed by atoms with E-state index in [1.807, 2.05) is 18.2 Å². The smallest absolute Gasteiger partial charge is 0.225 e. The van der Waals surface area contributed by atoms with Crippen molar-refractivity contribution in [3.63, 3.8) is 0 Å². The van der Waals surface area contributed by atoms with Gasteiger partial charge >= 0.3 is 0 Å². The molecule has 0 bridgehead atoms. The number of hydrogen-bond acceptors (Lipinski definition) is 3. The summed E-state index contributed by atoms with van der Waals surface area (Å²) in [5, 5.41) is 0. The van der Waals surface area contributed by atoms with Crippen molar-refractivity contribution in [2.24, 2.45) is 5.92 Å². The molecule has 3 rings (SSSR count). The van der Waals surface area contributed by atoms with Crippen LogP contribution in [-0.4, -0.2) is 55.5 Å². The van der Waals surface area contributed by atoms with Crippen molar-refractivity contribution in [3.05, 3.63) is 35.9 Å². The molecule has 1 saturated heterocycles. The monoisotopic (exact) mass is 314 g/mol. The van der Waals surface area contributed by atoms with Crippen LogP contribution < -0.4 is 4.74 Å². The maximum atomic E-state index is 12.2. The molecule has 1 aliphatic carbocycles. The molecule has 0 N–H and O–H groups in total. The number of carbonyl (C=O) groups is 1. The molecule has 1 aliphatic heterocycles. The maximum absolute atomic E-state index is 12.2. The highest BCUT2D eigenvalue weighted by atomic mass is 16.5. The van der Waals surface area contributed by atoms with E-state index >= 15 is 0 Å². The zero-order chi connectivity index (χ0) is 16.1. The van der Waals surface area contributed by atoms with E-state index in [1.54, 1.807) is 7.11 Å². The Morgan fingerprint density at radius 1 is 1.22 bits per heavy atom. The number of benzene rings is 1. The number of amides is 1. The highest BCUT2D eigenvalue weighted by Crippen LogP contribution is 2.31. The van der Waals surface area contributed by atoms with Crippen molar-refractivity contribution in [3.8, 4) is 5.75 Å². The van der Waals surface area contributed by atoms with Gasteiger partial charge in [-0.2, -0.15) is 0 Å². The third kappa shape index (κ3) is 4.35. The first-order chi connectivity index (χ1) is 11.3. The van der Waals surface area contributed by atoms with Crippen LogP contribution in [0.4, 0.5) is 0 Å². The van der Waals surface area contributed by atoms with E-state index in [9.17, 15) is 4.79 Å². The van der Waals surface area contributed by atoms with Gasteiger partial charge in [-0.15, -0.1) is 0 Å². The topological polar surface area (TPSA) is 32.8 Å². The SMILES string of the molecule is COc1ccccc1C=CCN1CCCN(C(=O)C2CC2)CC1. The van der Waals surface area contributed by atoms with Gasteiger partial charge in [0, 0.05) is 44.2 Å². The van der Waals surface area contributed by atoms with Crippen LogP contribution in [0.1, 0.15) is 24.8 Å². The molecular weight excluding hydrogens is 288 g/mol. The summed E-state index contributed by atoms with van der Waals surface area (Å²) in [4.78, 5) is 16.7. The van der Waals surface area contributed by atoms with Crippen molar-refractivity contribution in [2.75, 3.05) is 39.8 Å². The first-order valence-corrected chi connectivity index (χ1v) is 8.58. The molecule has 0 radical (unpaired) electrons. The van der Waals surface area contributed by atoms with Crippen LogP contribution in [0.3, 0.4) is 0 Å². The lowest BCUT2D eigenvalue weighted by atomic mass is 10.2. The summed E-state index contributed by atoms with van der Waals surface area (Å²) in [6, 6.07) is 8.05. The summed E-state index contributed by atoms with van der Waals surface area (Å²) >= 11 is 0. The number of nitrogens with zero attached hydrogens (tertiary/aromatic N) is 2. The molecular formula is C19H26N2O2. The fraction of sp³-hybridized carbons (Fsp3) is 0.526. The van der Waals surface area contributed by atoms with E-state index < -0.39 is 0 Å². The Balaban J connectivity index is 1.50. The summed E-state index contributed by atoms with van der Waals surface area (Å²) in [5.41, 5.74) is 1.11. The van der Waals surface area contributed by atoms with Gasteiger partial charge in [-0.3, -0.25) is 9.69 Å². The lowest BCUT2D eigenvalue weighted by molar-refractivity contribution is -0.132. The van der Waals surface area contributed by atoms with E-state index in [2.05, 4.69) is 28.0 Å². The van der Waals surface area contributed by atoms with Crippen molar-refractivity contribution in [1.82, 2.24) is 9.80 Å². The van der Waals surface area contributed by atoms with Gasteiger partial charge in [0.2, 0.25) is 5.91 Å². The number of ether oxygens (including phenoxy) is 1. The predicted molar refractivity (Wildman–Crippen MR) is 92.4 cm³/mol. The summed E-state index contributed by atoms with van der Waals surface area (Å²) in [6.45, 7) is 4.74. The van der Waals surface area contributed by atoms with Crippen LogP contribution in [0.5, 0.6) is 5.75 Å². The van der Waals surface area contributed by atoms with Crippen LogP contribution in [0, 0.1) is 5.92 Å². The van der Waals surface area contributed by atoms with E-state index in [4.69, 9.17) is 4.74 Å². The fourth-order valence-corrected chi connectivity index (χ4v) is 3.10. The molecule has 2 aliphatic rings. The maximum Gasteiger partial charge on any atom is 0.225 e. The number of para-hydroxylation sites is 1. The highest BCUT2D eigenvalue weighted by molar-refractivity contribution is 5.81. The minimum Gasteiger partial charge on any atom is -0.496 e. The number of carbonyl (C=O) groups excluding carboxylic acids is 1. The van der Waals surface area contributed by atoms with Gasteiger partial charge in [0.25, 0.3) is 0 Å². The largest absolute Gasteiger partial charge is 0.496 e. The Kier molecular flexibility index (Phi) is 5.34. The van der Waals surface area contributed by atoms with Crippen LogP contribution in [0.15, 0.2) is 30.3 Å². The lowest BCUT2D eigenvalue weighted by Crippen LogP contribution is -2.36. The molecule has 1 amide bonds. The standard InChI is InChI=1S/C19H26N2O2/c1-23-18-8-3-2-6-16(18)7-4-11-20-12-5-13-21(15-14-20)19(22)17-9-10-17/h2-4,6-8,17H,5,9-15H2,1H3. The van der Waals surface area contributed by atoms with Crippen LogP contribution in [0.25, 0.3) is 6.08 Å². The predicted octanol–water partition coefficient (Wildman–Crippen LogP) is 2.65. The Labute approximate surface area is 138 Å². The molecule has 23 heavy (non-hydrogen) atoms. The number of rotatable bonds is 5. The third-order valence-electron chi connectivity index (χ3n) is 4.63. The molecule has 1 aromatic rings. The van der Waals surface area contributed by atoms with Crippen LogP contribution in [-0.2, 0) is 4.79 Å². The zero-order valence-corrected chi connectivity index (χ0v) is 13.9. The molecule has 4 heteroatoms. The minimum atomic E-state index is 0.340. The molecule has 0 spiro atoms. The first kappa shape index (κ1) is 16.1. The number of methoxy groups -OCH3 is 1. The van der Waals surface area contributed by atoms with Crippen LogP contribution >= 0.6 is 0 Å². The summed E-state index contributed by atoms with van der Waals surface area (Å²) in [7, 11) is 1.70. The Morgan fingerprint density at radius 3 is 2.83 bits per heavy atom. The van der Waals surface area contributed by atoms with Gasteiger partial charge in [0.05, 0.1) is 7.11 Å². The minimum absolute atomic E-state index is 0.340. The highest BCUT2D eigenvalue weighted by Gasteiger charge is 2.33. The van der Waals surface area contributed by atoms with E-state index in [0.717, 1.165) is 63.3 Å². The van der Waals surface area contributed by atoms with Gasteiger partial charge in [-0.1, -0.05) is 30.4 Å². The first-order valence-electron chi connectivity index (χ1n) is 8.58. The summed E-state index contributed by atoms with van der Waals surface area (Å²) < 4.78 is 5.37. The van der Waals surface area contributed by atoms with Crippen LogP contribution in [0.2, 0.25) is 0 Å². The average molecular weight is 314 g/mol. The van der Waals surface area contributed by atoms with E-state index in [1.165, 1.54) is 0 Å². The van der Waals surface area contributed by atoms with Crippen molar-refractivity contribution < 1.29 is 9.53 Å². The van der Waals surface area contributed by atoms with Gasteiger partial charge in [-0.05, 0) is 25.3 Å². The lowest BCUT2D eigenvalue weighted by Gasteiger charge is -2.21. The normalized spacial score (nSPS) is 19.8. The quantitative estimate of drug-likeness (QED) is 0.837. The molecule has 1 heterocycles. The molecule has 1 aromatic carbocycles. The Morgan fingerprint density at radius 2 is 2.04 bits per heavy atom. The van der Waals surface area contributed by atoms with E-state index in [0.29, 0.717) is 11.8 Å². The van der Waals surface area contributed by atoms with E-state index in [-0.39, 0.29) is 0 Å². The zero-order valence-electron chi connectivity index (χ0n) is 13.9. The van der Waals surface area contributed by atoms with Crippen molar-refractivity contribution >= 4 is 12.0 Å². The Hall–Kier alpha value is -1.81. The second kappa shape index (κ2) is 7.64. The second-order valence-corrected chi connectivity index (χ2v) is 6.40. The average Bonchev–Trinajstić information content (AvgIpc) is 3.42. The van der Waals surface area contributed by atoms with Gasteiger partial charge in [0.1, 0.15) is 5.75 Å². The summed E-state index contributed by atoms with van der Waals surface area (Å²) in [5.74, 6) is 1.63. The van der Waals surface area contributed by atoms with Gasteiger partial charge in [0.15, 0.2) is 0 Å². The molecule has 4 nitrogen and oxygen atoms in total. The molecule has 1 saturated carbocycles. The number of hydrogen-bond donors (Lipinski definition) is 0. The van der Waals surface area contributed by atoms with Crippen molar-refractivity contribution in [2.45, 2.75) is 19.3 Å². The van der Waals surface area contributed by atoms with Gasteiger partial charge in [-0.25, -0.2) is 0 Å². The molecule has 2 fully saturated rings. The third-order valence-corrected chi connectivity index (χ3v) is 4.63. The van der Waals surface area contributed by atoms with Gasteiger partial charge < -0.3 is 9.64 Å². The second-order valence-electron chi connectivity index (χ2n) is 6.40.